The Bertz CT molecular complexity index is 1320. The van der Waals surface area contributed by atoms with E-state index < -0.39 is 23.5 Å². The molecule has 2 amide bonds. The molecular weight excluding hydrogens is 680 g/mol. The molecule has 2 aromatic rings. The predicted molar refractivity (Wildman–Crippen MR) is 192 cm³/mol. The highest BCUT2D eigenvalue weighted by molar-refractivity contribution is 7.13. The van der Waals surface area contributed by atoms with Crippen molar-refractivity contribution in [2.45, 2.75) is 71.7 Å². The number of β-amino-alcohol motifs (C(OH)–C–C–N with tert-alkyl or cyclic N) is 1. The van der Waals surface area contributed by atoms with E-state index in [1.165, 1.54) is 0 Å². The fraction of sp³-hybridized carbons (Fsp3) is 0.667. The number of nitrogens with one attached hydrogen (secondary N) is 2. The van der Waals surface area contributed by atoms with Crippen molar-refractivity contribution in [1.29, 1.82) is 0 Å². The zero-order chi connectivity index (χ0) is 37.1. The molecule has 286 valence electrons. The highest BCUT2D eigenvalue weighted by atomic mass is 32.1. The zero-order valence-corrected chi connectivity index (χ0v) is 31.2. The standard InChI is InChI=1S/C36H56N4O10S/c1-26-33(51-25-38-26)28-7-5-27(6-8-28)22-37-23-29-21-30(41)24-40(29)35(45)34(36(2,3)4)39-31(42)9-11-46-13-15-48-17-19-50-20-18-49-16-14-47-12-10-32(43)44/h5-8,25,29-30,34,37,41H,9-24H2,1-4H3,(H,39,42)(H,43,44)/t29-,30?,34+/m0/s1. The summed E-state index contributed by atoms with van der Waals surface area (Å²) in [5.74, 6) is -1.37. The number of thiazole rings is 1. The van der Waals surface area contributed by atoms with Crippen LogP contribution in [0.15, 0.2) is 29.8 Å². The number of amides is 2. The number of aromatic nitrogens is 1. The summed E-state index contributed by atoms with van der Waals surface area (Å²) >= 11 is 1.62. The quantitative estimate of drug-likeness (QED) is 0.110. The van der Waals surface area contributed by atoms with Crippen molar-refractivity contribution in [1.82, 2.24) is 20.5 Å². The van der Waals surface area contributed by atoms with E-state index in [2.05, 4.69) is 39.9 Å². The Morgan fingerprint density at radius 1 is 0.902 bits per heavy atom. The van der Waals surface area contributed by atoms with Gasteiger partial charge < -0.3 is 49.4 Å². The van der Waals surface area contributed by atoms with E-state index in [9.17, 15) is 19.5 Å². The zero-order valence-electron chi connectivity index (χ0n) is 30.4. The number of nitrogens with zero attached hydrogens (tertiary/aromatic N) is 2. The summed E-state index contributed by atoms with van der Waals surface area (Å²) in [7, 11) is 0. The van der Waals surface area contributed by atoms with Crippen molar-refractivity contribution in [2.75, 3.05) is 79.2 Å². The third-order valence-corrected chi connectivity index (χ3v) is 9.16. The number of aliphatic carboxylic acids is 1. The fourth-order valence-electron chi connectivity index (χ4n) is 5.45. The molecule has 0 saturated carbocycles. The minimum absolute atomic E-state index is 0.0255. The van der Waals surface area contributed by atoms with Gasteiger partial charge in [0.2, 0.25) is 11.8 Å². The normalized spacial score (nSPS) is 16.8. The molecule has 14 nitrogen and oxygen atoms in total. The molecule has 0 radical (unpaired) electrons. The number of ether oxygens (including phenoxy) is 5. The Morgan fingerprint density at radius 3 is 1.96 bits per heavy atom. The van der Waals surface area contributed by atoms with Crippen LogP contribution in [0.1, 0.15) is 51.3 Å². The number of benzene rings is 1. The first-order chi connectivity index (χ1) is 24.5. The van der Waals surface area contributed by atoms with Crippen molar-refractivity contribution in [3.8, 4) is 10.4 Å². The first-order valence-electron chi connectivity index (χ1n) is 17.5. The van der Waals surface area contributed by atoms with Crippen molar-refractivity contribution >= 4 is 29.1 Å². The fourth-order valence-corrected chi connectivity index (χ4v) is 6.26. The van der Waals surface area contributed by atoms with E-state index in [1.807, 2.05) is 33.2 Å². The third kappa shape index (κ3) is 16.0. The van der Waals surface area contributed by atoms with E-state index in [-0.39, 0.29) is 50.5 Å². The molecule has 1 fully saturated rings. The largest absolute Gasteiger partial charge is 0.481 e. The lowest BCUT2D eigenvalue weighted by molar-refractivity contribution is -0.140. The number of aliphatic hydroxyl groups excluding tert-OH is 1. The highest BCUT2D eigenvalue weighted by Crippen LogP contribution is 2.28. The number of likely N-dealkylation sites (tertiary alicyclic amines) is 1. The van der Waals surface area contributed by atoms with Crippen LogP contribution in [0.5, 0.6) is 0 Å². The predicted octanol–water partition coefficient (Wildman–Crippen LogP) is 2.65. The van der Waals surface area contributed by atoms with Crippen LogP contribution in [-0.2, 0) is 44.6 Å². The van der Waals surface area contributed by atoms with Gasteiger partial charge in [0.15, 0.2) is 0 Å². The van der Waals surface area contributed by atoms with E-state index in [0.717, 1.165) is 21.7 Å². The SMILES string of the molecule is Cc1ncsc1-c1ccc(CNC[C@@H]2CC(O)CN2C(=O)[C@@H](NC(=O)CCOCCOCCOCCOCCOCCC(=O)O)C(C)(C)C)cc1. The average Bonchev–Trinajstić information content (AvgIpc) is 3.68. The minimum Gasteiger partial charge on any atom is -0.481 e. The van der Waals surface area contributed by atoms with Gasteiger partial charge in [-0.2, -0.15) is 0 Å². The molecule has 3 atom stereocenters. The maximum atomic E-state index is 13.8. The molecule has 3 rings (SSSR count). The molecule has 0 aliphatic carbocycles. The number of carbonyl (C=O) groups excluding carboxylic acids is 2. The van der Waals surface area contributed by atoms with Gasteiger partial charge in [0.05, 0.1) is 94.7 Å². The second-order valence-corrected chi connectivity index (χ2v) is 14.3. The minimum atomic E-state index is -0.892. The van der Waals surface area contributed by atoms with Crippen molar-refractivity contribution in [2.24, 2.45) is 5.41 Å². The third-order valence-electron chi connectivity index (χ3n) is 8.19. The summed E-state index contributed by atoms with van der Waals surface area (Å²) in [5.41, 5.74) is 4.58. The van der Waals surface area contributed by atoms with E-state index >= 15 is 0 Å². The number of hydrogen-bond donors (Lipinski definition) is 4. The maximum absolute atomic E-state index is 13.8. The number of carbonyl (C=O) groups is 3. The number of aliphatic hydroxyl groups is 1. The van der Waals surface area contributed by atoms with Crippen LogP contribution in [0.2, 0.25) is 0 Å². The summed E-state index contributed by atoms with van der Waals surface area (Å²) in [6.45, 7) is 12.5. The molecule has 0 bridgehead atoms. The van der Waals surface area contributed by atoms with Gasteiger partial charge in [-0.25, -0.2) is 4.98 Å². The van der Waals surface area contributed by atoms with Crippen molar-refractivity contribution < 1.29 is 48.3 Å². The smallest absolute Gasteiger partial charge is 0.305 e. The Kier molecular flexibility index (Phi) is 19.0. The van der Waals surface area contributed by atoms with Crippen LogP contribution in [0.3, 0.4) is 0 Å². The number of carboxylic acids is 1. The summed E-state index contributed by atoms with van der Waals surface area (Å²) in [6.07, 6.45) is -0.0757. The van der Waals surface area contributed by atoms with Gasteiger partial charge in [-0.3, -0.25) is 14.4 Å². The topological polar surface area (TPSA) is 178 Å². The van der Waals surface area contributed by atoms with Crippen LogP contribution < -0.4 is 10.6 Å². The highest BCUT2D eigenvalue weighted by Gasteiger charge is 2.41. The van der Waals surface area contributed by atoms with Crippen molar-refractivity contribution in [3.05, 3.63) is 41.0 Å². The van der Waals surface area contributed by atoms with Gasteiger partial charge >= 0.3 is 5.97 Å². The number of carboxylic acid groups (broad SMARTS) is 1. The Hall–Kier alpha value is -3.02. The maximum Gasteiger partial charge on any atom is 0.305 e. The van der Waals surface area contributed by atoms with Crippen LogP contribution in [0.25, 0.3) is 10.4 Å². The lowest BCUT2D eigenvalue weighted by Gasteiger charge is -2.35. The summed E-state index contributed by atoms with van der Waals surface area (Å²) < 4.78 is 26.9. The molecule has 1 saturated heterocycles. The summed E-state index contributed by atoms with van der Waals surface area (Å²) in [6, 6.07) is 7.40. The second-order valence-electron chi connectivity index (χ2n) is 13.5. The Balaban J connectivity index is 1.29. The summed E-state index contributed by atoms with van der Waals surface area (Å²) in [4.78, 5) is 44.3. The van der Waals surface area contributed by atoms with E-state index in [4.69, 9.17) is 28.8 Å². The van der Waals surface area contributed by atoms with Gasteiger partial charge in [-0.15, -0.1) is 11.3 Å². The lowest BCUT2D eigenvalue weighted by Crippen LogP contribution is -2.56. The van der Waals surface area contributed by atoms with Gasteiger partial charge in [0, 0.05) is 32.1 Å². The second kappa shape index (κ2) is 22.8. The molecule has 1 aromatic heterocycles. The monoisotopic (exact) mass is 736 g/mol. The Labute approximate surface area is 305 Å². The number of hydrogen-bond acceptors (Lipinski definition) is 12. The molecular formula is C36H56N4O10S. The molecule has 2 heterocycles. The molecule has 1 aliphatic rings. The molecule has 1 aromatic carbocycles. The van der Waals surface area contributed by atoms with Gasteiger partial charge in [-0.1, -0.05) is 45.0 Å². The van der Waals surface area contributed by atoms with E-state index in [0.29, 0.717) is 72.4 Å². The van der Waals surface area contributed by atoms with Gasteiger partial charge in [0.25, 0.3) is 0 Å². The molecule has 1 unspecified atom stereocenters. The molecule has 15 heteroatoms. The molecule has 1 aliphatic heterocycles. The molecule has 0 spiro atoms. The summed E-state index contributed by atoms with van der Waals surface area (Å²) in [5, 5.41) is 25.4. The Morgan fingerprint density at radius 2 is 1.45 bits per heavy atom. The van der Waals surface area contributed by atoms with Gasteiger partial charge in [0.1, 0.15) is 6.04 Å². The number of aryl methyl sites for hydroxylation is 1. The van der Waals surface area contributed by atoms with Crippen LogP contribution >= 0.6 is 11.3 Å². The molecule has 4 N–H and O–H groups in total. The van der Waals surface area contributed by atoms with E-state index in [1.54, 1.807) is 16.2 Å². The first kappa shape index (κ1) is 42.4. The van der Waals surface area contributed by atoms with Crippen LogP contribution in [0, 0.1) is 12.3 Å². The van der Waals surface area contributed by atoms with Crippen LogP contribution in [0.4, 0.5) is 0 Å². The molecule has 51 heavy (non-hydrogen) atoms. The van der Waals surface area contributed by atoms with Gasteiger partial charge in [-0.05, 0) is 29.9 Å². The number of rotatable bonds is 25. The lowest BCUT2D eigenvalue weighted by atomic mass is 9.85. The first-order valence-corrected chi connectivity index (χ1v) is 18.4. The average molecular weight is 737 g/mol. The van der Waals surface area contributed by atoms with Crippen LogP contribution in [-0.4, -0.2) is 135 Å². The van der Waals surface area contributed by atoms with Crippen molar-refractivity contribution in [3.63, 3.8) is 0 Å².